The van der Waals surface area contributed by atoms with Gasteiger partial charge in [0, 0.05) is 31.4 Å². The van der Waals surface area contributed by atoms with E-state index >= 15 is 0 Å². The fraction of sp³-hybridized carbons (Fsp3) is 0.375. The average molecular weight is 269 g/mol. The van der Waals surface area contributed by atoms with Gasteiger partial charge in [0.15, 0.2) is 5.82 Å². The van der Waals surface area contributed by atoms with Gasteiger partial charge in [-0.2, -0.15) is 0 Å². The molecule has 4 heteroatoms. The lowest BCUT2D eigenvalue weighted by Gasteiger charge is -2.42. The van der Waals surface area contributed by atoms with Gasteiger partial charge in [-0.05, 0) is 18.4 Å². The first-order valence-electron chi connectivity index (χ1n) is 7.02. The number of rotatable bonds is 4. The summed E-state index contributed by atoms with van der Waals surface area (Å²) < 4.78 is 1.74. The van der Waals surface area contributed by atoms with Crippen molar-refractivity contribution in [3.8, 4) is 0 Å². The molecular weight excluding hydrogens is 250 g/mol. The highest BCUT2D eigenvalue weighted by molar-refractivity contribution is 5.90. The minimum atomic E-state index is -0.0975. The topological polar surface area (TPSA) is 46.9 Å². The van der Waals surface area contributed by atoms with E-state index in [9.17, 15) is 4.79 Å². The number of imidazole rings is 1. The molecule has 2 aromatic rings. The molecule has 20 heavy (non-hydrogen) atoms. The van der Waals surface area contributed by atoms with Crippen molar-refractivity contribution >= 4 is 5.91 Å². The average Bonchev–Trinajstić information content (AvgIpc) is 2.85. The van der Waals surface area contributed by atoms with Gasteiger partial charge in [-0.3, -0.25) is 4.79 Å². The molecule has 1 N–H and O–H groups in total. The van der Waals surface area contributed by atoms with Gasteiger partial charge < -0.3 is 9.88 Å². The summed E-state index contributed by atoms with van der Waals surface area (Å²) in [5.41, 5.74) is 1.44. The minimum Gasteiger partial charge on any atom is -0.348 e. The second-order valence-electron chi connectivity index (χ2n) is 5.54. The van der Waals surface area contributed by atoms with Gasteiger partial charge in [-0.25, -0.2) is 4.98 Å². The first-order chi connectivity index (χ1) is 9.71. The second kappa shape index (κ2) is 5.12. The van der Waals surface area contributed by atoms with Crippen LogP contribution >= 0.6 is 0 Å². The van der Waals surface area contributed by atoms with Crippen LogP contribution in [0, 0.1) is 0 Å². The van der Waals surface area contributed by atoms with Crippen LogP contribution in [0.5, 0.6) is 0 Å². The van der Waals surface area contributed by atoms with E-state index < -0.39 is 0 Å². The predicted molar refractivity (Wildman–Crippen MR) is 77.5 cm³/mol. The molecule has 1 aliphatic carbocycles. The maximum atomic E-state index is 12.2. The molecule has 0 radical (unpaired) electrons. The van der Waals surface area contributed by atoms with Gasteiger partial charge in [-0.15, -0.1) is 0 Å². The number of hydrogen-bond acceptors (Lipinski definition) is 2. The molecule has 1 amide bonds. The predicted octanol–water partition coefficient (Wildman–Crippen LogP) is 2.27. The standard InChI is InChI=1S/C16H19N3O/c1-19-11-10-17-14(19)15(20)18-12-16(8-5-9-16)13-6-3-2-4-7-13/h2-4,6-7,10-11H,5,8-9,12H2,1H3,(H,18,20). The van der Waals surface area contributed by atoms with Gasteiger partial charge in [0.2, 0.25) is 0 Å². The van der Waals surface area contributed by atoms with Crippen LogP contribution in [0.15, 0.2) is 42.7 Å². The molecule has 0 saturated heterocycles. The molecule has 4 nitrogen and oxygen atoms in total. The SMILES string of the molecule is Cn1ccnc1C(=O)NCC1(c2ccccc2)CCC1. The highest BCUT2D eigenvalue weighted by Gasteiger charge is 2.38. The van der Waals surface area contributed by atoms with Crippen LogP contribution in [0.25, 0.3) is 0 Å². The highest BCUT2D eigenvalue weighted by atomic mass is 16.2. The van der Waals surface area contributed by atoms with Crippen LogP contribution in [0.4, 0.5) is 0 Å². The number of amides is 1. The largest absolute Gasteiger partial charge is 0.348 e. The third-order valence-electron chi connectivity index (χ3n) is 4.31. The number of hydrogen-bond donors (Lipinski definition) is 1. The molecule has 1 saturated carbocycles. The van der Waals surface area contributed by atoms with E-state index in [1.807, 2.05) is 13.1 Å². The Morgan fingerprint density at radius 1 is 1.35 bits per heavy atom. The molecule has 3 rings (SSSR count). The van der Waals surface area contributed by atoms with E-state index in [0.717, 1.165) is 12.8 Å². The molecule has 0 spiro atoms. The highest BCUT2D eigenvalue weighted by Crippen LogP contribution is 2.43. The van der Waals surface area contributed by atoms with Crippen LogP contribution in [0.3, 0.4) is 0 Å². The summed E-state index contributed by atoms with van der Waals surface area (Å²) in [6, 6.07) is 10.5. The lowest BCUT2D eigenvalue weighted by atomic mass is 9.64. The fourth-order valence-electron chi connectivity index (χ4n) is 2.88. The molecule has 1 aromatic carbocycles. The Labute approximate surface area is 118 Å². The van der Waals surface area contributed by atoms with Crippen molar-refractivity contribution in [1.29, 1.82) is 0 Å². The molecule has 0 bridgehead atoms. The maximum absolute atomic E-state index is 12.2. The monoisotopic (exact) mass is 269 g/mol. The molecular formula is C16H19N3O. The van der Waals surface area contributed by atoms with E-state index in [4.69, 9.17) is 0 Å². The van der Waals surface area contributed by atoms with Crippen molar-refractivity contribution in [3.05, 3.63) is 54.1 Å². The van der Waals surface area contributed by atoms with Crippen molar-refractivity contribution in [3.63, 3.8) is 0 Å². The van der Waals surface area contributed by atoms with Crippen LogP contribution in [0.1, 0.15) is 35.4 Å². The Bertz CT molecular complexity index is 599. The molecule has 1 aromatic heterocycles. The summed E-state index contributed by atoms with van der Waals surface area (Å²) >= 11 is 0. The van der Waals surface area contributed by atoms with Gasteiger partial charge in [0.05, 0.1) is 0 Å². The first-order valence-corrected chi connectivity index (χ1v) is 7.02. The van der Waals surface area contributed by atoms with Gasteiger partial charge in [0.25, 0.3) is 5.91 Å². The van der Waals surface area contributed by atoms with Crippen molar-refractivity contribution in [2.75, 3.05) is 6.54 Å². The van der Waals surface area contributed by atoms with E-state index in [2.05, 4.69) is 34.6 Å². The molecule has 104 valence electrons. The summed E-state index contributed by atoms with van der Waals surface area (Å²) in [6.45, 7) is 0.683. The quantitative estimate of drug-likeness (QED) is 0.925. The van der Waals surface area contributed by atoms with E-state index in [0.29, 0.717) is 12.4 Å². The maximum Gasteiger partial charge on any atom is 0.287 e. The van der Waals surface area contributed by atoms with E-state index in [1.165, 1.54) is 12.0 Å². The van der Waals surface area contributed by atoms with Crippen molar-refractivity contribution in [1.82, 2.24) is 14.9 Å². The molecule has 0 unspecified atom stereocenters. The first kappa shape index (κ1) is 12.9. The lowest BCUT2D eigenvalue weighted by molar-refractivity contribution is 0.0914. The van der Waals surface area contributed by atoms with E-state index in [1.54, 1.807) is 17.0 Å². The van der Waals surface area contributed by atoms with Gasteiger partial charge in [-0.1, -0.05) is 36.8 Å². The summed E-state index contributed by atoms with van der Waals surface area (Å²) in [4.78, 5) is 16.2. The number of carbonyl (C=O) groups is 1. The summed E-state index contributed by atoms with van der Waals surface area (Å²) in [7, 11) is 1.83. The minimum absolute atomic E-state index is 0.0975. The Balaban J connectivity index is 1.71. The van der Waals surface area contributed by atoms with Crippen LogP contribution in [0.2, 0.25) is 0 Å². The Kier molecular flexibility index (Phi) is 3.30. The number of benzene rings is 1. The lowest BCUT2D eigenvalue weighted by Crippen LogP contribution is -2.45. The zero-order chi connectivity index (χ0) is 14.0. The molecule has 1 aliphatic rings. The second-order valence-corrected chi connectivity index (χ2v) is 5.54. The third kappa shape index (κ3) is 2.22. The normalized spacial score (nSPS) is 16.4. The zero-order valence-electron chi connectivity index (χ0n) is 11.7. The van der Waals surface area contributed by atoms with Crippen molar-refractivity contribution < 1.29 is 4.79 Å². The number of aromatic nitrogens is 2. The molecule has 0 atom stereocenters. The molecule has 1 fully saturated rings. The summed E-state index contributed by atoms with van der Waals surface area (Å²) in [6.07, 6.45) is 6.93. The van der Waals surface area contributed by atoms with Crippen LogP contribution in [-0.4, -0.2) is 22.0 Å². The summed E-state index contributed by atoms with van der Waals surface area (Å²) in [5, 5.41) is 3.04. The van der Waals surface area contributed by atoms with Gasteiger partial charge >= 0.3 is 0 Å². The van der Waals surface area contributed by atoms with E-state index in [-0.39, 0.29) is 11.3 Å². The fourth-order valence-corrected chi connectivity index (χ4v) is 2.88. The number of nitrogens with one attached hydrogen (secondary N) is 1. The Morgan fingerprint density at radius 2 is 2.10 bits per heavy atom. The Hall–Kier alpha value is -2.10. The molecule has 1 heterocycles. The number of nitrogens with zero attached hydrogens (tertiary/aromatic N) is 2. The summed E-state index contributed by atoms with van der Waals surface area (Å²) in [5.74, 6) is 0.368. The zero-order valence-corrected chi connectivity index (χ0v) is 11.7. The number of aryl methyl sites for hydroxylation is 1. The Morgan fingerprint density at radius 3 is 2.65 bits per heavy atom. The van der Waals surface area contributed by atoms with Gasteiger partial charge in [0.1, 0.15) is 0 Å². The van der Waals surface area contributed by atoms with Crippen LogP contribution < -0.4 is 5.32 Å². The number of carbonyl (C=O) groups excluding carboxylic acids is 1. The third-order valence-corrected chi connectivity index (χ3v) is 4.31. The van der Waals surface area contributed by atoms with Crippen LogP contribution in [-0.2, 0) is 12.5 Å². The smallest absolute Gasteiger partial charge is 0.287 e. The molecule has 0 aliphatic heterocycles. The van der Waals surface area contributed by atoms with Crippen molar-refractivity contribution in [2.45, 2.75) is 24.7 Å². The van der Waals surface area contributed by atoms with Crippen molar-refractivity contribution in [2.24, 2.45) is 7.05 Å².